The molecular formula is C24H26N6O. The van der Waals surface area contributed by atoms with E-state index in [9.17, 15) is 0 Å². The second kappa shape index (κ2) is 8.73. The van der Waals surface area contributed by atoms with E-state index >= 15 is 0 Å². The molecule has 1 aromatic carbocycles. The topological polar surface area (TPSA) is 82.1 Å². The quantitative estimate of drug-likeness (QED) is 0.497. The SMILES string of the molecule is Nc1nc(OCc2cccnc2)nc2c1ccn2Cc1ccc(CN2CCCC2)cc1. The number of anilines is 1. The number of nitrogens with zero attached hydrogens (tertiary/aromatic N) is 5. The lowest BCUT2D eigenvalue weighted by molar-refractivity contribution is 0.282. The summed E-state index contributed by atoms with van der Waals surface area (Å²) in [4.78, 5) is 15.5. The van der Waals surface area contributed by atoms with E-state index in [4.69, 9.17) is 10.5 Å². The predicted molar refractivity (Wildman–Crippen MR) is 121 cm³/mol. The number of likely N-dealkylation sites (tertiary alicyclic amines) is 1. The summed E-state index contributed by atoms with van der Waals surface area (Å²) in [5, 5.41) is 0.833. The van der Waals surface area contributed by atoms with Gasteiger partial charge in [-0.1, -0.05) is 30.3 Å². The van der Waals surface area contributed by atoms with E-state index in [2.05, 4.69) is 48.7 Å². The van der Waals surface area contributed by atoms with Gasteiger partial charge in [-0.05, 0) is 49.2 Å². The van der Waals surface area contributed by atoms with Crippen LogP contribution in [0, 0.1) is 0 Å². The molecule has 7 heteroatoms. The molecule has 158 valence electrons. The summed E-state index contributed by atoms with van der Waals surface area (Å²) in [5.41, 5.74) is 10.5. The van der Waals surface area contributed by atoms with Gasteiger partial charge in [-0.3, -0.25) is 9.88 Å². The molecule has 4 heterocycles. The van der Waals surface area contributed by atoms with E-state index in [1.165, 1.54) is 37.1 Å². The molecular weight excluding hydrogens is 388 g/mol. The van der Waals surface area contributed by atoms with Gasteiger partial charge in [-0.2, -0.15) is 9.97 Å². The van der Waals surface area contributed by atoms with Crippen LogP contribution in [0.1, 0.15) is 29.5 Å². The Balaban J connectivity index is 1.31. The number of nitrogen functional groups attached to an aromatic ring is 1. The van der Waals surface area contributed by atoms with Crippen molar-refractivity contribution in [2.75, 3.05) is 18.8 Å². The largest absolute Gasteiger partial charge is 0.458 e. The molecule has 2 N–H and O–H groups in total. The summed E-state index contributed by atoms with van der Waals surface area (Å²) < 4.78 is 7.86. The van der Waals surface area contributed by atoms with Crippen LogP contribution in [0.3, 0.4) is 0 Å². The lowest BCUT2D eigenvalue weighted by Gasteiger charge is -2.15. The summed E-state index contributed by atoms with van der Waals surface area (Å²) >= 11 is 0. The fraction of sp³-hybridized carbons (Fsp3) is 0.292. The maximum atomic E-state index is 6.17. The second-order valence-corrected chi connectivity index (χ2v) is 8.02. The highest BCUT2D eigenvalue weighted by Crippen LogP contribution is 2.23. The number of hydrogen-bond donors (Lipinski definition) is 1. The van der Waals surface area contributed by atoms with Crippen molar-refractivity contribution in [3.8, 4) is 6.01 Å². The van der Waals surface area contributed by atoms with Crippen molar-refractivity contribution in [2.24, 2.45) is 0 Å². The standard InChI is InChI=1S/C24H26N6O/c25-22-21-9-13-30(16-19-7-5-18(6-8-19)15-29-11-1-2-12-29)23(21)28-24(27-22)31-17-20-4-3-10-26-14-20/h3-10,13-14H,1-2,11-12,15-17H2,(H2,25,27,28). The van der Waals surface area contributed by atoms with Crippen molar-refractivity contribution in [1.82, 2.24) is 24.4 Å². The van der Waals surface area contributed by atoms with Crippen LogP contribution in [0.5, 0.6) is 6.01 Å². The third kappa shape index (κ3) is 4.51. The van der Waals surface area contributed by atoms with Crippen LogP contribution in [-0.2, 0) is 19.7 Å². The maximum absolute atomic E-state index is 6.17. The van der Waals surface area contributed by atoms with E-state index in [0.29, 0.717) is 19.0 Å². The minimum absolute atomic E-state index is 0.273. The molecule has 0 saturated carbocycles. The first-order chi connectivity index (χ1) is 15.2. The highest BCUT2D eigenvalue weighted by Gasteiger charge is 2.13. The Morgan fingerprint density at radius 3 is 2.42 bits per heavy atom. The highest BCUT2D eigenvalue weighted by molar-refractivity contribution is 5.86. The zero-order valence-corrected chi connectivity index (χ0v) is 17.4. The van der Waals surface area contributed by atoms with Gasteiger partial charge in [0, 0.05) is 37.2 Å². The zero-order valence-electron chi connectivity index (χ0n) is 17.4. The molecule has 3 aromatic heterocycles. The monoisotopic (exact) mass is 414 g/mol. The molecule has 7 nitrogen and oxygen atoms in total. The number of ether oxygens (including phenoxy) is 1. The van der Waals surface area contributed by atoms with Crippen LogP contribution < -0.4 is 10.5 Å². The number of aromatic nitrogens is 4. The summed E-state index contributed by atoms with van der Waals surface area (Å²) in [6, 6.07) is 14.9. The first-order valence-electron chi connectivity index (χ1n) is 10.7. The van der Waals surface area contributed by atoms with Crippen LogP contribution in [0.15, 0.2) is 61.1 Å². The summed E-state index contributed by atoms with van der Waals surface area (Å²) in [7, 11) is 0. The molecule has 1 aliphatic heterocycles. The highest BCUT2D eigenvalue weighted by atomic mass is 16.5. The molecule has 4 aromatic rings. The number of pyridine rings is 1. The average Bonchev–Trinajstić information content (AvgIpc) is 3.45. The molecule has 0 radical (unpaired) electrons. The van der Waals surface area contributed by atoms with E-state index in [1.807, 2.05) is 24.4 Å². The third-order valence-electron chi connectivity index (χ3n) is 5.70. The second-order valence-electron chi connectivity index (χ2n) is 8.02. The van der Waals surface area contributed by atoms with Crippen molar-refractivity contribution in [3.63, 3.8) is 0 Å². The van der Waals surface area contributed by atoms with Crippen molar-refractivity contribution >= 4 is 16.9 Å². The smallest absolute Gasteiger partial charge is 0.320 e. The van der Waals surface area contributed by atoms with Gasteiger partial charge >= 0.3 is 6.01 Å². The van der Waals surface area contributed by atoms with Crippen molar-refractivity contribution in [2.45, 2.75) is 32.5 Å². The Bertz CT molecular complexity index is 1150. The summed E-state index contributed by atoms with van der Waals surface area (Å²) in [6.45, 7) is 4.52. The maximum Gasteiger partial charge on any atom is 0.320 e. The van der Waals surface area contributed by atoms with Gasteiger partial charge < -0.3 is 15.0 Å². The predicted octanol–water partition coefficient (Wildman–Crippen LogP) is 3.63. The van der Waals surface area contributed by atoms with Crippen molar-refractivity contribution in [3.05, 3.63) is 77.7 Å². The summed E-state index contributed by atoms with van der Waals surface area (Å²) in [5.74, 6) is 0.422. The molecule has 5 rings (SSSR count). The van der Waals surface area contributed by atoms with Crippen LogP contribution in [0.2, 0.25) is 0 Å². The lowest BCUT2D eigenvalue weighted by Crippen LogP contribution is -2.18. The van der Waals surface area contributed by atoms with Gasteiger partial charge in [-0.25, -0.2) is 0 Å². The number of benzene rings is 1. The molecule has 0 aliphatic carbocycles. The molecule has 0 unspecified atom stereocenters. The van der Waals surface area contributed by atoms with Gasteiger partial charge in [-0.15, -0.1) is 0 Å². The van der Waals surface area contributed by atoms with Crippen LogP contribution in [-0.4, -0.2) is 37.5 Å². The van der Waals surface area contributed by atoms with Gasteiger partial charge in [0.25, 0.3) is 0 Å². The Morgan fingerprint density at radius 1 is 0.903 bits per heavy atom. The molecule has 1 saturated heterocycles. The third-order valence-corrected chi connectivity index (χ3v) is 5.70. The van der Waals surface area contributed by atoms with E-state index < -0.39 is 0 Å². The number of fused-ring (bicyclic) bond motifs is 1. The van der Waals surface area contributed by atoms with Gasteiger partial charge in [0.1, 0.15) is 18.1 Å². The average molecular weight is 415 g/mol. The van der Waals surface area contributed by atoms with Crippen LogP contribution in [0.4, 0.5) is 5.82 Å². The Labute approximate surface area is 181 Å². The van der Waals surface area contributed by atoms with Crippen LogP contribution in [0.25, 0.3) is 11.0 Å². The fourth-order valence-electron chi connectivity index (χ4n) is 4.04. The van der Waals surface area contributed by atoms with Gasteiger partial charge in [0.05, 0.1) is 5.39 Å². The van der Waals surface area contributed by atoms with Crippen molar-refractivity contribution < 1.29 is 4.74 Å². The van der Waals surface area contributed by atoms with E-state index in [1.54, 1.807) is 12.4 Å². The molecule has 0 atom stereocenters. The molecule has 1 fully saturated rings. The summed E-state index contributed by atoms with van der Waals surface area (Å²) in [6.07, 6.45) is 8.13. The minimum Gasteiger partial charge on any atom is -0.458 e. The first kappa shape index (κ1) is 19.5. The zero-order chi connectivity index (χ0) is 21.0. The Hall–Kier alpha value is -3.45. The lowest BCUT2D eigenvalue weighted by atomic mass is 10.1. The first-order valence-corrected chi connectivity index (χ1v) is 10.7. The minimum atomic E-state index is 0.273. The van der Waals surface area contributed by atoms with E-state index in [-0.39, 0.29) is 6.01 Å². The van der Waals surface area contributed by atoms with Gasteiger partial charge in [0.15, 0.2) is 0 Å². The molecule has 0 bridgehead atoms. The number of rotatable bonds is 7. The Morgan fingerprint density at radius 2 is 1.68 bits per heavy atom. The molecule has 1 aliphatic rings. The fourth-order valence-corrected chi connectivity index (χ4v) is 4.04. The normalized spacial score (nSPS) is 14.3. The number of hydrogen-bond acceptors (Lipinski definition) is 6. The van der Waals surface area contributed by atoms with Crippen LogP contribution >= 0.6 is 0 Å². The van der Waals surface area contributed by atoms with Crippen molar-refractivity contribution in [1.29, 1.82) is 0 Å². The van der Waals surface area contributed by atoms with E-state index in [0.717, 1.165) is 23.1 Å². The van der Waals surface area contributed by atoms with Gasteiger partial charge in [0.2, 0.25) is 0 Å². The molecule has 0 amide bonds. The number of nitrogens with two attached hydrogens (primary N) is 1. The molecule has 31 heavy (non-hydrogen) atoms. The Kier molecular flexibility index (Phi) is 5.50. The molecule has 0 spiro atoms.